The summed E-state index contributed by atoms with van der Waals surface area (Å²) in [5, 5.41) is 14.1. The summed E-state index contributed by atoms with van der Waals surface area (Å²) in [7, 11) is 0. The normalized spacial score (nSPS) is 16.4. The number of hydrogen-bond donors (Lipinski definition) is 3. The Labute approximate surface area is 111 Å². The predicted octanol–water partition coefficient (Wildman–Crippen LogP) is 0.695. The number of Topliss-reactive ketones (excluding diaryl/α,β-unsaturated/α-hetero) is 1. The van der Waals surface area contributed by atoms with Crippen molar-refractivity contribution in [2.24, 2.45) is 0 Å². The number of benzene rings is 1. The topological polar surface area (TPSA) is 78.4 Å². The van der Waals surface area contributed by atoms with Gasteiger partial charge in [-0.3, -0.25) is 9.59 Å². The lowest BCUT2D eigenvalue weighted by Gasteiger charge is -2.20. The molecule has 0 bridgehead atoms. The van der Waals surface area contributed by atoms with Crippen LogP contribution in [0.5, 0.6) is 0 Å². The van der Waals surface area contributed by atoms with E-state index < -0.39 is 17.6 Å². The van der Waals surface area contributed by atoms with E-state index in [0.29, 0.717) is 0 Å². The van der Waals surface area contributed by atoms with Crippen LogP contribution in [0.1, 0.15) is 17.0 Å². The molecule has 0 saturated heterocycles. The molecule has 0 saturated carbocycles. The van der Waals surface area contributed by atoms with Crippen LogP contribution in [0.4, 0.5) is 5.69 Å². The third kappa shape index (κ3) is 2.82. The zero-order valence-corrected chi connectivity index (χ0v) is 10.6. The highest BCUT2D eigenvalue weighted by Crippen LogP contribution is 2.31. The molecule has 1 aliphatic rings. The molecule has 0 aliphatic carbocycles. The smallest absolute Gasteiger partial charge is 0.288 e. The molecule has 1 heterocycles. The van der Waals surface area contributed by atoms with Crippen LogP contribution in [0.2, 0.25) is 0 Å². The molecule has 1 aromatic carbocycles. The first-order valence-electron chi connectivity index (χ1n) is 6.10. The van der Waals surface area contributed by atoms with Crippen molar-refractivity contribution >= 4 is 17.4 Å². The standard InChI is InChI=1S/C14H16N2O3/c1-9-2-3-12-11(8-9)10(4-5-15-12)13(18)14(19)16-6-7-17/h2-5,8,10,15,17H,6-7H2,1H3,(H,16,19). The van der Waals surface area contributed by atoms with Gasteiger partial charge in [-0.15, -0.1) is 0 Å². The van der Waals surface area contributed by atoms with Crippen molar-refractivity contribution in [3.8, 4) is 0 Å². The molecule has 0 fully saturated rings. The first-order chi connectivity index (χ1) is 9.13. The second-order valence-electron chi connectivity index (χ2n) is 4.42. The van der Waals surface area contributed by atoms with Crippen molar-refractivity contribution < 1.29 is 14.7 Å². The molecule has 0 spiro atoms. The lowest BCUT2D eigenvalue weighted by molar-refractivity contribution is -0.138. The molecular formula is C14H16N2O3. The quantitative estimate of drug-likeness (QED) is 0.696. The fourth-order valence-electron chi connectivity index (χ4n) is 2.04. The summed E-state index contributed by atoms with van der Waals surface area (Å²) in [6.45, 7) is 1.84. The number of carbonyl (C=O) groups excluding carboxylic acids is 2. The van der Waals surface area contributed by atoms with Crippen LogP contribution in [0, 0.1) is 6.92 Å². The molecule has 5 nitrogen and oxygen atoms in total. The summed E-state index contributed by atoms with van der Waals surface area (Å²) in [6.07, 6.45) is 3.34. The number of allylic oxidation sites excluding steroid dienone is 1. The Balaban J connectivity index is 2.23. The van der Waals surface area contributed by atoms with Crippen LogP contribution in [-0.4, -0.2) is 29.9 Å². The average Bonchev–Trinajstić information content (AvgIpc) is 2.43. The molecule has 0 radical (unpaired) electrons. The van der Waals surface area contributed by atoms with E-state index in [4.69, 9.17) is 5.11 Å². The lowest BCUT2D eigenvalue weighted by atomic mass is 9.89. The van der Waals surface area contributed by atoms with E-state index in [2.05, 4.69) is 10.6 Å². The van der Waals surface area contributed by atoms with Crippen LogP contribution in [0.15, 0.2) is 30.5 Å². The van der Waals surface area contributed by atoms with Crippen LogP contribution in [0.25, 0.3) is 0 Å². The minimum Gasteiger partial charge on any atom is -0.395 e. The second-order valence-corrected chi connectivity index (χ2v) is 4.42. The Kier molecular flexibility index (Phi) is 3.97. The molecule has 1 amide bonds. The minimum atomic E-state index is -0.668. The first kappa shape index (κ1) is 13.3. The van der Waals surface area contributed by atoms with Crippen molar-refractivity contribution in [2.45, 2.75) is 12.8 Å². The Morgan fingerprint density at radius 1 is 1.42 bits per heavy atom. The summed E-state index contributed by atoms with van der Waals surface area (Å²) >= 11 is 0. The van der Waals surface area contributed by atoms with Gasteiger partial charge in [0.1, 0.15) is 0 Å². The number of anilines is 1. The van der Waals surface area contributed by atoms with Gasteiger partial charge in [0.15, 0.2) is 0 Å². The van der Waals surface area contributed by atoms with E-state index in [-0.39, 0.29) is 13.2 Å². The van der Waals surface area contributed by atoms with Gasteiger partial charge in [-0.2, -0.15) is 0 Å². The van der Waals surface area contributed by atoms with E-state index in [1.807, 2.05) is 25.1 Å². The molecule has 3 N–H and O–H groups in total. The van der Waals surface area contributed by atoms with Gasteiger partial charge in [0.25, 0.3) is 5.91 Å². The highest BCUT2D eigenvalue weighted by atomic mass is 16.3. The number of fused-ring (bicyclic) bond motifs is 1. The van der Waals surface area contributed by atoms with Gasteiger partial charge in [0.05, 0.1) is 12.5 Å². The van der Waals surface area contributed by atoms with E-state index in [1.165, 1.54) is 0 Å². The van der Waals surface area contributed by atoms with Gasteiger partial charge in [-0.25, -0.2) is 0 Å². The van der Waals surface area contributed by atoms with Crippen molar-refractivity contribution in [1.29, 1.82) is 0 Å². The maximum Gasteiger partial charge on any atom is 0.288 e. The van der Waals surface area contributed by atoms with Gasteiger partial charge in [0, 0.05) is 12.2 Å². The van der Waals surface area contributed by atoms with Crippen LogP contribution in [-0.2, 0) is 9.59 Å². The number of hydrogen-bond acceptors (Lipinski definition) is 4. The van der Waals surface area contributed by atoms with Gasteiger partial charge in [0.2, 0.25) is 5.78 Å². The zero-order chi connectivity index (χ0) is 13.8. The van der Waals surface area contributed by atoms with E-state index in [0.717, 1.165) is 16.8 Å². The lowest BCUT2D eigenvalue weighted by Crippen LogP contribution is -2.36. The molecule has 5 heteroatoms. The second kappa shape index (κ2) is 5.67. The number of nitrogens with one attached hydrogen (secondary N) is 2. The summed E-state index contributed by atoms with van der Waals surface area (Å²) in [5.41, 5.74) is 2.66. The number of rotatable bonds is 4. The number of amides is 1. The molecular weight excluding hydrogens is 244 g/mol. The van der Waals surface area contributed by atoms with Crippen LogP contribution >= 0.6 is 0 Å². The minimum absolute atomic E-state index is 0.0833. The van der Waals surface area contributed by atoms with Crippen molar-refractivity contribution in [3.05, 3.63) is 41.6 Å². The molecule has 0 aromatic heterocycles. The molecule has 1 aromatic rings. The van der Waals surface area contributed by atoms with Crippen molar-refractivity contribution in [2.75, 3.05) is 18.5 Å². The third-order valence-corrected chi connectivity index (χ3v) is 2.97. The van der Waals surface area contributed by atoms with E-state index in [1.54, 1.807) is 12.3 Å². The SMILES string of the molecule is Cc1ccc2c(c1)C(C(=O)C(=O)NCCO)C=CN2. The number of aliphatic hydroxyl groups is 1. The number of aryl methyl sites for hydroxylation is 1. The molecule has 100 valence electrons. The summed E-state index contributed by atoms with van der Waals surface area (Å²) < 4.78 is 0. The average molecular weight is 260 g/mol. The molecule has 1 aliphatic heterocycles. The Morgan fingerprint density at radius 2 is 2.21 bits per heavy atom. The maximum absolute atomic E-state index is 12.1. The molecule has 1 atom stereocenters. The van der Waals surface area contributed by atoms with E-state index in [9.17, 15) is 9.59 Å². The number of aliphatic hydroxyl groups excluding tert-OH is 1. The van der Waals surface area contributed by atoms with Crippen molar-refractivity contribution in [1.82, 2.24) is 5.32 Å². The first-order valence-corrected chi connectivity index (χ1v) is 6.10. The van der Waals surface area contributed by atoms with Crippen LogP contribution < -0.4 is 10.6 Å². The van der Waals surface area contributed by atoms with Crippen molar-refractivity contribution in [3.63, 3.8) is 0 Å². The summed E-state index contributed by atoms with van der Waals surface area (Å²) in [5.74, 6) is -1.76. The Hall–Kier alpha value is -2.14. The van der Waals surface area contributed by atoms with Gasteiger partial charge >= 0.3 is 0 Å². The third-order valence-electron chi connectivity index (χ3n) is 2.97. The molecule has 2 rings (SSSR count). The summed E-state index contributed by atoms with van der Waals surface area (Å²) in [6, 6.07) is 5.73. The molecule has 19 heavy (non-hydrogen) atoms. The van der Waals surface area contributed by atoms with Gasteiger partial charge < -0.3 is 15.7 Å². The largest absolute Gasteiger partial charge is 0.395 e. The Bertz CT molecular complexity index is 537. The van der Waals surface area contributed by atoms with E-state index >= 15 is 0 Å². The predicted molar refractivity (Wildman–Crippen MR) is 71.8 cm³/mol. The monoisotopic (exact) mass is 260 g/mol. The molecule has 1 unspecified atom stereocenters. The zero-order valence-electron chi connectivity index (χ0n) is 10.6. The fourth-order valence-corrected chi connectivity index (χ4v) is 2.04. The Morgan fingerprint density at radius 3 is 2.95 bits per heavy atom. The number of carbonyl (C=O) groups is 2. The fraction of sp³-hybridized carbons (Fsp3) is 0.286. The summed E-state index contributed by atoms with van der Waals surface area (Å²) in [4.78, 5) is 23.8. The van der Waals surface area contributed by atoms with Crippen LogP contribution in [0.3, 0.4) is 0 Å². The van der Waals surface area contributed by atoms with Gasteiger partial charge in [-0.05, 0) is 24.8 Å². The highest BCUT2D eigenvalue weighted by Gasteiger charge is 2.28. The number of ketones is 1. The highest BCUT2D eigenvalue weighted by molar-refractivity contribution is 6.39. The maximum atomic E-state index is 12.1. The van der Waals surface area contributed by atoms with Gasteiger partial charge in [-0.1, -0.05) is 23.8 Å².